The summed E-state index contributed by atoms with van der Waals surface area (Å²) in [6.07, 6.45) is -0.847. The van der Waals surface area contributed by atoms with Gasteiger partial charge in [-0.1, -0.05) is 48.5 Å². The van der Waals surface area contributed by atoms with Gasteiger partial charge in [-0.3, -0.25) is 0 Å². The number of benzene rings is 4. The van der Waals surface area contributed by atoms with Crippen LogP contribution >= 0.6 is 0 Å². The zero-order valence-corrected chi connectivity index (χ0v) is 15.9. The first-order chi connectivity index (χ1) is 14.6. The highest BCUT2D eigenvalue weighted by atomic mass is 16.7. The summed E-state index contributed by atoms with van der Waals surface area (Å²) < 4.78 is 10.6. The van der Waals surface area contributed by atoms with Crippen molar-refractivity contribution < 1.29 is 24.5 Å². The van der Waals surface area contributed by atoms with E-state index in [0.717, 1.165) is 22.3 Å². The van der Waals surface area contributed by atoms with Crippen molar-refractivity contribution in [1.29, 1.82) is 0 Å². The molecule has 0 unspecified atom stereocenters. The molecule has 0 atom stereocenters. The molecule has 148 valence electrons. The van der Waals surface area contributed by atoms with E-state index < -0.39 is 6.16 Å². The predicted molar refractivity (Wildman–Crippen MR) is 114 cm³/mol. The first-order valence-corrected chi connectivity index (χ1v) is 9.25. The summed E-state index contributed by atoms with van der Waals surface area (Å²) >= 11 is 0. The minimum Gasteiger partial charge on any atom is -0.508 e. The van der Waals surface area contributed by atoms with Gasteiger partial charge in [0.1, 0.15) is 23.0 Å². The molecule has 0 spiro atoms. The molecule has 0 amide bonds. The van der Waals surface area contributed by atoms with Gasteiger partial charge in [-0.2, -0.15) is 0 Å². The summed E-state index contributed by atoms with van der Waals surface area (Å²) in [5.41, 5.74) is 3.45. The fourth-order valence-electron chi connectivity index (χ4n) is 3.00. The molecular formula is C25H18O5. The Kier molecular flexibility index (Phi) is 5.35. The second-order valence-electron chi connectivity index (χ2n) is 6.60. The Bertz CT molecular complexity index is 1070. The van der Waals surface area contributed by atoms with Crippen molar-refractivity contribution in [3.63, 3.8) is 0 Å². The Hall–Kier alpha value is -4.25. The van der Waals surface area contributed by atoms with Crippen molar-refractivity contribution in [3.05, 3.63) is 97.1 Å². The van der Waals surface area contributed by atoms with Crippen molar-refractivity contribution in [1.82, 2.24) is 0 Å². The normalized spacial score (nSPS) is 10.4. The van der Waals surface area contributed by atoms with E-state index in [2.05, 4.69) is 0 Å². The van der Waals surface area contributed by atoms with Gasteiger partial charge in [-0.15, -0.1) is 0 Å². The molecule has 0 aliphatic carbocycles. The van der Waals surface area contributed by atoms with Crippen LogP contribution in [0.4, 0.5) is 4.79 Å². The summed E-state index contributed by atoms with van der Waals surface area (Å²) in [5.74, 6) is 1.06. The Morgan fingerprint density at radius 1 is 0.533 bits per heavy atom. The van der Waals surface area contributed by atoms with Gasteiger partial charge in [0.15, 0.2) is 0 Å². The average molecular weight is 398 g/mol. The lowest BCUT2D eigenvalue weighted by molar-refractivity contribution is 0.152. The van der Waals surface area contributed by atoms with Crippen molar-refractivity contribution in [3.8, 4) is 45.3 Å². The van der Waals surface area contributed by atoms with Gasteiger partial charge in [-0.25, -0.2) is 4.79 Å². The molecule has 4 aromatic rings. The fraction of sp³-hybridized carbons (Fsp3) is 0. The third-order valence-electron chi connectivity index (χ3n) is 4.47. The average Bonchev–Trinajstić information content (AvgIpc) is 2.75. The molecule has 0 saturated carbocycles. The highest BCUT2D eigenvalue weighted by molar-refractivity contribution is 5.72. The first-order valence-electron chi connectivity index (χ1n) is 9.25. The second-order valence-corrected chi connectivity index (χ2v) is 6.60. The van der Waals surface area contributed by atoms with Crippen LogP contribution < -0.4 is 9.47 Å². The summed E-state index contributed by atoms with van der Waals surface area (Å²) in [6, 6.07) is 27.6. The molecule has 2 N–H and O–H groups in total. The zero-order chi connectivity index (χ0) is 20.9. The Labute approximate surface area is 173 Å². The monoisotopic (exact) mass is 398 g/mol. The summed E-state index contributed by atoms with van der Waals surface area (Å²) in [7, 11) is 0. The van der Waals surface area contributed by atoms with Crippen LogP contribution in [0.2, 0.25) is 0 Å². The van der Waals surface area contributed by atoms with Crippen molar-refractivity contribution in [2.24, 2.45) is 0 Å². The molecule has 0 aromatic heterocycles. The van der Waals surface area contributed by atoms with Gasteiger partial charge in [0.05, 0.1) is 0 Å². The third-order valence-corrected chi connectivity index (χ3v) is 4.47. The molecule has 30 heavy (non-hydrogen) atoms. The predicted octanol–water partition coefficient (Wildman–Crippen LogP) is 6.01. The van der Waals surface area contributed by atoms with E-state index in [4.69, 9.17) is 9.47 Å². The van der Waals surface area contributed by atoms with Gasteiger partial charge >= 0.3 is 6.16 Å². The molecule has 0 heterocycles. The number of carbonyl (C=O) groups excluding carboxylic acids is 1. The maximum atomic E-state index is 12.3. The fourth-order valence-corrected chi connectivity index (χ4v) is 3.00. The minimum atomic E-state index is -0.847. The smallest absolute Gasteiger partial charge is 0.508 e. The molecule has 5 nitrogen and oxygen atoms in total. The van der Waals surface area contributed by atoms with Crippen LogP contribution in [-0.2, 0) is 0 Å². The van der Waals surface area contributed by atoms with Crippen LogP contribution in [0, 0.1) is 0 Å². The summed E-state index contributed by atoms with van der Waals surface area (Å²) in [4.78, 5) is 12.3. The summed E-state index contributed by atoms with van der Waals surface area (Å²) in [5, 5.41) is 18.8. The maximum Gasteiger partial charge on any atom is 0.519 e. The molecule has 0 aliphatic heterocycles. The van der Waals surface area contributed by atoms with Gasteiger partial charge in [0.2, 0.25) is 0 Å². The zero-order valence-electron chi connectivity index (χ0n) is 15.9. The van der Waals surface area contributed by atoms with Crippen LogP contribution in [0.15, 0.2) is 97.1 Å². The molecule has 4 aromatic carbocycles. The largest absolute Gasteiger partial charge is 0.519 e. The minimum absolute atomic E-state index is 0.185. The third kappa shape index (κ3) is 4.59. The number of carbonyl (C=O) groups is 1. The molecule has 5 heteroatoms. The van der Waals surface area contributed by atoms with Crippen molar-refractivity contribution in [2.75, 3.05) is 0 Å². The van der Waals surface area contributed by atoms with Crippen LogP contribution in [-0.4, -0.2) is 16.4 Å². The van der Waals surface area contributed by atoms with Gasteiger partial charge in [0.25, 0.3) is 0 Å². The van der Waals surface area contributed by atoms with E-state index in [-0.39, 0.29) is 11.5 Å². The molecule has 4 rings (SSSR count). The van der Waals surface area contributed by atoms with Gasteiger partial charge in [0, 0.05) is 0 Å². The number of rotatable bonds is 4. The number of ether oxygens (including phenoxy) is 2. The first kappa shape index (κ1) is 19.1. The van der Waals surface area contributed by atoms with Gasteiger partial charge in [-0.05, 0) is 70.8 Å². The van der Waals surface area contributed by atoms with E-state index in [1.54, 1.807) is 84.9 Å². The number of hydrogen-bond donors (Lipinski definition) is 2. The molecule has 0 saturated heterocycles. The SMILES string of the molecule is O=C(Oc1cccc(-c2ccc(O)cc2)c1)Oc1cccc(-c2ccc(O)cc2)c1. The van der Waals surface area contributed by atoms with Crippen LogP contribution in [0.1, 0.15) is 0 Å². The van der Waals surface area contributed by atoms with Crippen molar-refractivity contribution in [2.45, 2.75) is 0 Å². The standard InChI is InChI=1S/C25H18O5/c26-21-11-7-17(8-12-21)19-3-1-5-23(15-19)29-25(28)30-24-6-2-4-20(16-24)18-9-13-22(27)14-10-18/h1-16,26-27H. The number of hydrogen-bond acceptors (Lipinski definition) is 5. The maximum absolute atomic E-state index is 12.3. The van der Waals surface area contributed by atoms with Crippen molar-refractivity contribution >= 4 is 6.16 Å². The number of phenols is 2. The van der Waals surface area contributed by atoms with Crippen LogP contribution in [0.3, 0.4) is 0 Å². The topological polar surface area (TPSA) is 76.0 Å². The molecule has 0 bridgehead atoms. The van der Waals surface area contributed by atoms with Crippen LogP contribution in [0.5, 0.6) is 23.0 Å². The number of phenolic OH excluding ortho intramolecular Hbond substituents is 2. The Morgan fingerprint density at radius 3 is 1.33 bits per heavy atom. The van der Waals surface area contributed by atoms with E-state index in [0.29, 0.717) is 11.5 Å². The van der Waals surface area contributed by atoms with E-state index in [9.17, 15) is 15.0 Å². The Morgan fingerprint density at radius 2 is 0.933 bits per heavy atom. The lowest BCUT2D eigenvalue weighted by Gasteiger charge is -2.09. The Balaban J connectivity index is 1.46. The number of aromatic hydroxyl groups is 2. The molecule has 0 radical (unpaired) electrons. The molecule has 0 aliphatic rings. The van der Waals surface area contributed by atoms with Gasteiger partial charge < -0.3 is 19.7 Å². The quantitative estimate of drug-likeness (QED) is 0.325. The highest BCUT2D eigenvalue weighted by Gasteiger charge is 2.10. The molecular weight excluding hydrogens is 380 g/mol. The van der Waals surface area contributed by atoms with E-state index >= 15 is 0 Å². The highest BCUT2D eigenvalue weighted by Crippen LogP contribution is 2.27. The summed E-state index contributed by atoms with van der Waals surface area (Å²) in [6.45, 7) is 0. The second kappa shape index (κ2) is 8.41. The lowest BCUT2D eigenvalue weighted by Crippen LogP contribution is -2.13. The van der Waals surface area contributed by atoms with E-state index in [1.165, 1.54) is 0 Å². The lowest BCUT2D eigenvalue weighted by atomic mass is 10.1. The van der Waals surface area contributed by atoms with Crippen LogP contribution in [0.25, 0.3) is 22.3 Å². The molecule has 0 fully saturated rings. The van der Waals surface area contributed by atoms with E-state index in [1.807, 2.05) is 12.1 Å².